The van der Waals surface area contributed by atoms with Gasteiger partial charge in [-0.25, -0.2) is 0 Å². The predicted octanol–water partition coefficient (Wildman–Crippen LogP) is 3.60. The van der Waals surface area contributed by atoms with E-state index < -0.39 is 0 Å². The highest BCUT2D eigenvalue weighted by molar-refractivity contribution is 5.62. The molecule has 4 heteroatoms. The summed E-state index contributed by atoms with van der Waals surface area (Å²) in [6.45, 7) is 5.41. The van der Waals surface area contributed by atoms with E-state index in [9.17, 15) is 0 Å². The Labute approximate surface area is 120 Å². The first-order valence-electron chi connectivity index (χ1n) is 6.89. The fourth-order valence-corrected chi connectivity index (χ4v) is 1.99. The zero-order valence-electron chi connectivity index (χ0n) is 12.3. The SMILES string of the molecule is CCCOc1cc(N(C)Cc2ccc(C)o2)ccc1N. The van der Waals surface area contributed by atoms with Gasteiger partial charge >= 0.3 is 0 Å². The molecule has 0 amide bonds. The molecule has 0 saturated carbocycles. The maximum Gasteiger partial charge on any atom is 0.144 e. The summed E-state index contributed by atoms with van der Waals surface area (Å²) >= 11 is 0. The third kappa shape index (κ3) is 3.47. The molecule has 0 aliphatic carbocycles. The molecule has 0 fully saturated rings. The molecule has 1 heterocycles. The molecule has 0 aliphatic rings. The monoisotopic (exact) mass is 274 g/mol. The number of nitrogens with zero attached hydrogens (tertiary/aromatic N) is 1. The number of hydrogen-bond acceptors (Lipinski definition) is 4. The minimum Gasteiger partial charge on any atom is -0.491 e. The van der Waals surface area contributed by atoms with Gasteiger partial charge in [0.1, 0.15) is 17.3 Å². The molecular formula is C16H22N2O2. The van der Waals surface area contributed by atoms with Gasteiger partial charge in [-0.1, -0.05) is 6.92 Å². The largest absolute Gasteiger partial charge is 0.491 e. The highest BCUT2D eigenvalue weighted by Gasteiger charge is 2.08. The maximum atomic E-state index is 5.92. The van der Waals surface area contributed by atoms with Gasteiger partial charge in [0.05, 0.1) is 18.8 Å². The molecule has 108 valence electrons. The third-order valence-corrected chi connectivity index (χ3v) is 3.09. The highest BCUT2D eigenvalue weighted by Crippen LogP contribution is 2.28. The number of rotatable bonds is 6. The maximum absolute atomic E-state index is 5.92. The molecule has 1 aromatic carbocycles. The molecule has 0 bridgehead atoms. The average Bonchev–Trinajstić information content (AvgIpc) is 2.83. The Morgan fingerprint density at radius 2 is 2.05 bits per heavy atom. The van der Waals surface area contributed by atoms with Crippen LogP contribution in [0.25, 0.3) is 0 Å². The molecule has 0 radical (unpaired) electrons. The lowest BCUT2D eigenvalue weighted by Gasteiger charge is -2.19. The van der Waals surface area contributed by atoms with E-state index in [1.54, 1.807) is 0 Å². The number of nitrogens with two attached hydrogens (primary N) is 1. The second-order valence-electron chi connectivity index (χ2n) is 4.94. The number of ether oxygens (including phenoxy) is 1. The van der Waals surface area contributed by atoms with Gasteiger partial charge in [0.2, 0.25) is 0 Å². The fraction of sp³-hybridized carbons (Fsp3) is 0.375. The van der Waals surface area contributed by atoms with Crippen LogP contribution in [0.15, 0.2) is 34.7 Å². The van der Waals surface area contributed by atoms with Crippen molar-refractivity contribution in [1.29, 1.82) is 0 Å². The van der Waals surface area contributed by atoms with Gasteiger partial charge in [0.25, 0.3) is 0 Å². The van der Waals surface area contributed by atoms with Crippen LogP contribution in [0.4, 0.5) is 11.4 Å². The quantitative estimate of drug-likeness (QED) is 0.818. The molecule has 2 aromatic rings. The molecule has 20 heavy (non-hydrogen) atoms. The third-order valence-electron chi connectivity index (χ3n) is 3.09. The van der Waals surface area contributed by atoms with E-state index in [4.69, 9.17) is 14.9 Å². The standard InChI is InChI=1S/C16H22N2O2/c1-4-9-19-16-10-13(6-8-15(16)17)18(3)11-14-7-5-12(2)20-14/h5-8,10H,4,9,11,17H2,1-3H3. The summed E-state index contributed by atoms with van der Waals surface area (Å²) < 4.78 is 11.3. The molecule has 0 spiro atoms. The normalized spacial score (nSPS) is 10.6. The summed E-state index contributed by atoms with van der Waals surface area (Å²) in [7, 11) is 2.02. The van der Waals surface area contributed by atoms with Crippen molar-refractivity contribution in [1.82, 2.24) is 0 Å². The molecule has 0 saturated heterocycles. The van der Waals surface area contributed by atoms with Crippen LogP contribution in [0.1, 0.15) is 24.9 Å². The Bertz CT molecular complexity index is 563. The Balaban J connectivity index is 2.10. The number of hydrogen-bond donors (Lipinski definition) is 1. The van der Waals surface area contributed by atoms with Crippen molar-refractivity contribution in [2.45, 2.75) is 26.8 Å². The summed E-state index contributed by atoms with van der Waals surface area (Å²) in [5.74, 6) is 2.61. The zero-order chi connectivity index (χ0) is 14.5. The Morgan fingerprint density at radius 3 is 2.70 bits per heavy atom. The van der Waals surface area contributed by atoms with Crippen LogP contribution in [0.3, 0.4) is 0 Å². The van der Waals surface area contributed by atoms with Gasteiger partial charge in [-0.3, -0.25) is 0 Å². The lowest BCUT2D eigenvalue weighted by molar-refractivity contribution is 0.319. The average molecular weight is 274 g/mol. The van der Waals surface area contributed by atoms with Gasteiger partial charge < -0.3 is 19.8 Å². The topological polar surface area (TPSA) is 51.6 Å². The van der Waals surface area contributed by atoms with Gasteiger partial charge in [0, 0.05) is 18.8 Å². The molecule has 0 atom stereocenters. The Hall–Kier alpha value is -2.10. The van der Waals surface area contributed by atoms with Gasteiger partial charge in [-0.2, -0.15) is 0 Å². The van der Waals surface area contributed by atoms with Crippen LogP contribution in [0.2, 0.25) is 0 Å². The van der Waals surface area contributed by atoms with Crippen molar-refractivity contribution < 1.29 is 9.15 Å². The number of aryl methyl sites for hydroxylation is 1. The summed E-state index contributed by atoms with van der Waals surface area (Å²) in [6.07, 6.45) is 0.963. The van der Waals surface area contributed by atoms with Gasteiger partial charge in [-0.15, -0.1) is 0 Å². The van der Waals surface area contributed by atoms with Crippen molar-refractivity contribution in [2.75, 3.05) is 24.3 Å². The van der Waals surface area contributed by atoms with Crippen LogP contribution in [-0.2, 0) is 6.54 Å². The lowest BCUT2D eigenvalue weighted by Crippen LogP contribution is -2.16. The first-order chi connectivity index (χ1) is 9.60. The van der Waals surface area contributed by atoms with E-state index in [1.807, 2.05) is 44.3 Å². The summed E-state index contributed by atoms with van der Waals surface area (Å²) in [5, 5.41) is 0. The van der Waals surface area contributed by atoms with E-state index in [1.165, 1.54) is 0 Å². The van der Waals surface area contributed by atoms with Crippen molar-refractivity contribution in [2.24, 2.45) is 0 Å². The van der Waals surface area contributed by atoms with E-state index in [0.29, 0.717) is 18.8 Å². The van der Waals surface area contributed by atoms with E-state index >= 15 is 0 Å². The predicted molar refractivity (Wildman–Crippen MR) is 82.2 cm³/mol. The molecule has 0 aliphatic heterocycles. The van der Waals surface area contributed by atoms with Crippen molar-refractivity contribution in [3.8, 4) is 5.75 Å². The van der Waals surface area contributed by atoms with E-state index in [-0.39, 0.29) is 0 Å². The number of furan rings is 1. The smallest absolute Gasteiger partial charge is 0.144 e. The summed E-state index contributed by atoms with van der Waals surface area (Å²) in [6, 6.07) is 9.81. The van der Waals surface area contributed by atoms with E-state index in [0.717, 1.165) is 29.4 Å². The summed E-state index contributed by atoms with van der Waals surface area (Å²) in [4.78, 5) is 2.11. The zero-order valence-corrected chi connectivity index (χ0v) is 12.3. The molecule has 2 rings (SSSR count). The Kier molecular flexibility index (Phi) is 4.56. The number of anilines is 2. The van der Waals surface area contributed by atoms with Crippen LogP contribution in [-0.4, -0.2) is 13.7 Å². The molecule has 1 aromatic heterocycles. The molecule has 0 unspecified atom stereocenters. The molecule has 4 nitrogen and oxygen atoms in total. The van der Waals surface area contributed by atoms with Crippen LogP contribution in [0, 0.1) is 6.92 Å². The fourth-order valence-electron chi connectivity index (χ4n) is 1.99. The van der Waals surface area contributed by atoms with Crippen LogP contribution < -0.4 is 15.4 Å². The first kappa shape index (κ1) is 14.3. The molecular weight excluding hydrogens is 252 g/mol. The van der Waals surface area contributed by atoms with Gasteiger partial charge in [-0.05, 0) is 37.6 Å². The van der Waals surface area contributed by atoms with E-state index in [2.05, 4.69) is 11.8 Å². The second-order valence-corrected chi connectivity index (χ2v) is 4.94. The second kappa shape index (κ2) is 6.37. The number of nitrogen functional groups attached to an aromatic ring is 1. The minimum atomic E-state index is 0.671. The lowest BCUT2D eigenvalue weighted by atomic mass is 10.2. The Morgan fingerprint density at radius 1 is 1.25 bits per heavy atom. The van der Waals surface area contributed by atoms with Crippen molar-refractivity contribution in [3.05, 3.63) is 41.9 Å². The van der Waals surface area contributed by atoms with Gasteiger partial charge in [0.15, 0.2) is 0 Å². The van der Waals surface area contributed by atoms with Crippen molar-refractivity contribution in [3.63, 3.8) is 0 Å². The van der Waals surface area contributed by atoms with Crippen molar-refractivity contribution >= 4 is 11.4 Å². The highest BCUT2D eigenvalue weighted by atomic mass is 16.5. The summed E-state index contributed by atoms with van der Waals surface area (Å²) in [5.41, 5.74) is 7.65. The van der Waals surface area contributed by atoms with Crippen LogP contribution in [0.5, 0.6) is 5.75 Å². The minimum absolute atomic E-state index is 0.671. The first-order valence-corrected chi connectivity index (χ1v) is 6.89. The number of benzene rings is 1. The van der Waals surface area contributed by atoms with Crippen LogP contribution >= 0.6 is 0 Å². The molecule has 2 N–H and O–H groups in total.